The number of hydrogen-bond donors (Lipinski definition) is 3. The lowest BCUT2D eigenvalue weighted by Crippen LogP contribution is -2.30. The number of allylic oxidation sites excluding steroid dienone is 2. The van der Waals surface area contributed by atoms with Gasteiger partial charge >= 0.3 is 0 Å². The molecule has 1 saturated carbocycles. The van der Waals surface area contributed by atoms with Gasteiger partial charge in [-0.2, -0.15) is 0 Å². The van der Waals surface area contributed by atoms with Crippen LogP contribution in [0.1, 0.15) is 49.9 Å². The van der Waals surface area contributed by atoms with Gasteiger partial charge in [-0.05, 0) is 44.2 Å². The Kier molecular flexibility index (Phi) is 7.46. The van der Waals surface area contributed by atoms with E-state index in [4.69, 9.17) is 4.98 Å². The smallest absolute Gasteiger partial charge is 0.223 e. The summed E-state index contributed by atoms with van der Waals surface area (Å²) in [5, 5.41) is 16.8. The molecule has 1 aliphatic carbocycles. The van der Waals surface area contributed by atoms with Crippen LogP contribution >= 0.6 is 0 Å². The van der Waals surface area contributed by atoms with Crippen molar-refractivity contribution >= 4 is 11.5 Å². The molecule has 1 aromatic heterocycles. The number of hydrogen-bond acceptors (Lipinski definition) is 6. The van der Waals surface area contributed by atoms with Crippen LogP contribution in [0.25, 0.3) is 5.57 Å². The summed E-state index contributed by atoms with van der Waals surface area (Å²) in [5.74, 6) is 1.56. The first-order chi connectivity index (χ1) is 14.5. The van der Waals surface area contributed by atoms with Crippen LogP contribution in [-0.4, -0.2) is 46.2 Å². The van der Waals surface area contributed by atoms with Gasteiger partial charge in [-0.3, -0.25) is 0 Å². The Hall–Kier alpha value is -2.86. The Morgan fingerprint density at radius 2 is 1.87 bits per heavy atom. The van der Waals surface area contributed by atoms with Crippen LogP contribution in [0.4, 0.5) is 5.95 Å². The van der Waals surface area contributed by atoms with E-state index < -0.39 is 0 Å². The Labute approximate surface area is 179 Å². The van der Waals surface area contributed by atoms with Crippen LogP contribution < -0.4 is 10.6 Å². The van der Waals surface area contributed by atoms with Gasteiger partial charge in [0.05, 0.1) is 11.8 Å². The van der Waals surface area contributed by atoms with E-state index in [1.54, 1.807) is 6.20 Å². The molecule has 0 amide bonds. The van der Waals surface area contributed by atoms with Gasteiger partial charge < -0.3 is 20.6 Å². The van der Waals surface area contributed by atoms with Crippen molar-refractivity contribution in [2.75, 3.05) is 19.4 Å². The molecule has 6 nitrogen and oxygen atoms in total. The van der Waals surface area contributed by atoms with E-state index in [-0.39, 0.29) is 12.1 Å². The molecule has 0 aliphatic heterocycles. The molecule has 1 aliphatic rings. The maximum absolute atomic E-state index is 9.72. The van der Waals surface area contributed by atoms with E-state index in [1.165, 1.54) is 5.56 Å². The fraction of sp³-hybridized carbons (Fsp3) is 0.417. The van der Waals surface area contributed by atoms with Gasteiger partial charge in [0, 0.05) is 37.9 Å². The number of aromatic nitrogens is 2. The number of nitrogens with zero attached hydrogens (tertiary/aromatic N) is 3. The molecule has 0 spiro atoms. The predicted octanol–water partition coefficient (Wildman–Crippen LogP) is 3.96. The minimum atomic E-state index is -0.175. The Bertz CT molecular complexity index is 857. The van der Waals surface area contributed by atoms with Crippen molar-refractivity contribution in [1.82, 2.24) is 20.2 Å². The highest BCUT2D eigenvalue weighted by molar-refractivity contribution is 5.73. The fourth-order valence-corrected chi connectivity index (χ4v) is 3.78. The standard InChI is InChI=1S/C24H33N5O/c1-5-21(23(29(3)4)26-17(2)18-9-7-6-8-10-18)22-15-16-25-24(28-22)27-19-11-13-20(30)14-12-19/h5-10,15-17,19-20,26,30H,1,11-14H2,2-4H3,(H,25,27,28)/b23-21+/t17-,19?,20?/m1/s1. The maximum Gasteiger partial charge on any atom is 0.223 e. The van der Waals surface area contributed by atoms with E-state index in [2.05, 4.69) is 41.3 Å². The maximum atomic E-state index is 9.72. The highest BCUT2D eigenvalue weighted by Gasteiger charge is 2.20. The van der Waals surface area contributed by atoms with Crippen LogP contribution in [-0.2, 0) is 0 Å². The lowest BCUT2D eigenvalue weighted by Gasteiger charge is -2.27. The highest BCUT2D eigenvalue weighted by Crippen LogP contribution is 2.24. The SMILES string of the molecule is C=C/C(=C(/N[C@H](C)c1ccccc1)N(C)C)c1ccnc(NC2CCC(O)CC2)n1. The van der Waals surface area contributed by atoms with E-state index in [1.807, 2.05) is 49.3 Å². The summed E-state index contributed by atoms with van der Waals surface area (Å²) in [6.07, 6.45) is 6.94. The lowest BCUT2D eigenvalue weighted by atomic mass is 9.93. The van der Waals surface area contributed by atoms with Crippen molar-refractivity contribution in [3.8, 4) is 0 Å². The van der Waals surface area contributed by atoms with Crippen molar-refractivity contribution < 1.29 is 5.11 Å². The first-order valence-electron chi connectivity index (χ1n) is 10.6. The quantitative estimate of drug-likeness (QED) is 0.575. The van der Waals surface area contributed by atoms with Crippen LogP contribution in [0, 0.1) is 0 Å². The first-order valence-corrected chi connectivity index (χ1v) is 10.6. The number of aliphatic hydroxyl groups is 1. The topological polar surface area (TPSA) is 73.3 Å². The van der Waals surface area contributed by atoms with Gasteiger partial charge in [-0.25, -0.2) is 9.97 Å². The monoisotopic (exact) mass is 407 g/mol. The van der Waals surface area contributed by atoms with E-state index >= 15 is 0 Å². The zero-order chi connectivity index (χ0) is 21.5. The summed E-state index contributed by atoms with van der Waals surface area (Å²) in [6.45, 7) is 6.18. The molecule has 0 unspecified atom stereocenters. The van der Waals surface area contributed by atoms with Crippen LogP contribution in [0.3, 0.4) is 0 Å². The molecule has 6 heteroatoms. The number of anilines is 1. The van der Waals surface area contributed by atoms with E-state index in [9.17, 15) is 5.11 Å². The molecular weight excluding hydrogens is 374 g/mol. The van der Waals surface area contributed by atoms with Crippen molar-refractivity contribution in [2.45, 2.75) is 50.8 Å². The summed E-state index contributed by atoms with van der Waals surface area (Å²) >= 11 is 0. The molecule has 1 heterocycles. The molecule has 1 fully saturated rings. The molecular formula is C24H33N5O. The molecule has 1 atom stereocenters. The lowest BCUT2D eigenvalue weighted by molar-refractivity contribution is 0.126. The van der Waals surface area contributed by atoms with Crippen molar-refractivity contribution in [3.05, 3.63) is 72.3 Å². The van der Waals surface area contributed by atoms with Crippen molar-refractivity contribution in [3.63, 3.8) is 0 Å². The average Bonchev–Trinajstić information content (AvgIpc) is 2.76. The second-order valence-electron chi connectivity index (χ2n) is 8.05. The third-order valence-corrected chi connectivity index (χ3v) is 5.52. The van der Waals surface area contributed by atoms with Gasteiger partial charge in [0.1, 0.15) is 5.82 Å². The molecule has 0 radical (unpaired) electrons. The Morgan fingerprint density at radius 1 is 1.17 bits per heavy atom. The number of rotatable bonds is 8. The van der Waals surface area contributed by atoms with Crippen molar-refractivity contribution in [1.29, 1.82) is 0 Å². The van der Waals surface area contributed by atoms with Gasteiger partial charge in [0.15, 0.2) is 0 Å². The third-order valence-electron chi connectivity index (χ3n) is 5.52. The minimum absolute atomic E-state index is 0.131. The van der Waals surface area contributed by atoms with Gasteiger partial charge in [0.25, 0.3) is 0 Å². The van der Waals surface area contributed by atoms with Crippen molar-refractivity contribution in [2.24, 2.45) is 0 Å². The van der Waals surface area contributed by atoms with Crippen LogP contribution in [0.5, 0.6) is 0 Å². The summed E-state index contributed by atoms with van der Waals surface area (Å²) in [6, 6.07) is 12.7. The number of aliphatic hydroxyl groups excluding tert-OH is 1. The molecule has 2 aromatic rings. The zero-order valence-electron chi connectivity index (χ0n) is 18.2. The molecule has 0 bridgehead atoms. The molecule has 1 aromatic carbocycles. The minimum Gasteiger partial charge on any atom is -0.393 e. The molecule has 3 rings (SSSR count). The number of benzene rings is 1. The number of nitrogens with one attached hydrogen (secondary N) is 2. The Balaban J connectivity index is 1.84. The predicted molar refractivity (Wildman–Crippen MR) is 123 cm³/mol. The van der Waals surface area contributed by atoms with Gasteiger partial charge in [-0.1, -0.05) is 43.0 Å². The van der Waals surface area contributed by atoms with Crippen LogP contribution in [0.15, 0.2) is 61.1 Å². The largest absolute Gasteiger partial charge is 0.393 e. The van der Waals surface area contributed by atoms with Gasteiger partial charge in [-0.15, -0.1) is 0 Å². The average molecular weight is 408 g/mol. The highest BCUT2D eigenvalue weighted by atomic mass is 16.3. The molecule has 3 N–H and O–H groups in total. The molecule has 0 saturated heterocycles. The summed E-state index contributed by atoms with van der Waals surface area (Å²) in [7, 11) is 4.02. The second kappa shape index (κ2) is 10.3. The molecule has 30 heavy (non-hydrogen) atoms. The second-order valence-corrected chi connectivity index (χ2v) is 8.05. The van der Waals surface area contributed by atoms with Crippen LogP contribution in [0.2, 0.25) is 0 Å². The first kappa shape index (κ1) is 21.8. The summed E-state index contributed by atoms with van der Waals surface area (Å²) in [4.78, 5) is 11.2. The fourth-order valence-electron chi connectivity index (χ4n) is 3.78. The normalized spacial score (nSPS) is 20.7. The third kappa shape index (κ3) is 5.60. The molecule has 160 valence electrons. The summed E-state index contributed by atoms with van der Waals surface area (Å²) in [5.41, 5.74) is 2.95. The Morgan fingerprint density at radius 3 is 2.50 bits per heavy atom. The zero-order valence-corrected chi connectivity index (χ0v) is 18.2. The summed E-state index contributed by atoms with van der Waals surface area (Å²) < 4.78 is 0. The van der Waals surface area contributed by atoms with E-state index in [0.717, 1.165) is 42.8 Å². The van der Waals surface area contributed by atoms with E-state index in [0.29, 0.717) is 12.0 Å². The van der Waals surface area contributed by atoms with Gasteiger partial charge in [0.2, 0.25) is 5.95 Å².